The van der Waals surface area contributed by atoms with Crippen LogP contribution in [0, 0.1) is 5.92 Å². The second-order valence-corrected chi connectivity index (χ2v) is 11.2. The summed E-state index contributed by atoms with van der Waals surface area (Å²) in [5.74, 6) is -0.912. The molecule has 4 rings (SSSR count). The fraction of sp³-hybridized carbons (Fsp3) is 0.217. The zero-order chi connectivity index (χ0) is 23.9. The Balaban J connectivity index is 0.00000216. The van der Waals surface area contributed by atoms with Crippen molar-refractivity contribution < 1.29 is 89.8 Å². The molecule has 0 saturated carbocycles. The SMILES string of the molecule is COc1ccc(C=CC2C=CC(C3NCc4ccccc43)=CC2(S(=O)(=O)[O-])S(=O)(=O)[O-])cc1.[Na+].[Na+]. The van der Waals surface area contributed by atoms with Crippen LogP contribution in [0.2, 0.25) is 0 Å². The van der Waals surface area contributed by atoms with Crippen molar-refractivity contribution in [3.63, 3.8) is 0 Å². The van der Waals surface area contributed by atoms with Gasteiger partial charge in [0.25, 0.3) is 0 Å². The van der Waals surface area contributed by atoms with Crippen molar-refractivity contribution in [1.82, 2.24) is 5.32 Å². The number of hydrogen-bond donors (Lipinski definition) is 1. The molecule has 1 N–H and O–H groups in total. The number of nitrogens with one attached hydrogen (secondary N) is 1. The fourth-order valence-electron chi connectivity index (χ4n) is 4.23. The Morgan fingerprint density at radius 1 is 1.00 bits per heavy atom. The van der Waals surface area contributed by atoms with E-state index in [-0.39, 0.29) is 64.7 Å². The summed E-state index contributed by atoms with van der Waals surface area (Å²) in [5.41, 5.74) is 2.61. The van der Waals surface area contributed by atoms with E-state index in [1.807, 2.05) is 18.2 Å². The van der Waals surface area contributed by atoms with Crippen LogP contribution in [-0.2, 0) is 26.8 Å². The summed E-state index contributed by atoms with van der Waals surface area (Å²) in [4.78, 5) is 0. The van der Waals surface area contributed by atoms with Crippen LogP contribution in [0.1, 0.15) is 22.7 Å². The molecule has 2 atom stereocenters. The van der Waals surface area contributed by atoms with E-state index in [4.69, 9.17) is 4.74 Å². The quantitative estimate of drug-likeness (QED) is 0.298. The molecule has 2 aliphatic rings. The number of hydrogen-bond acceptors (Lipinski definition) is 8. The summed E-state index contributed by atoms with van der Waals surface area (Å²) >= 11 is 0. The van der Waals surface area contributed by atoms with E-state index in [0.717, 1.165) is 17.2 Å². The van der Waals surface area contributed by atoms with E-state index in [9.17, 15) is 25.9 Å². The van der Waals surface area contributed by atoms with Crippen molar-refractivity contribution in [2.45, 2.75) is 16.7 Å². The average Bonchev–Trinajstić information content (AvgIpc) is 3.20. The molecule has 0 saturated heterocycles. The topological polar surface area (TPSA) is 136 Å². The minimum Gasteiger partial charge on any atom is -0.746 e. The number of fused-ring (bicyclic) bond motifs is 1. The van der Waals surface area contributed by atoms with Gasteiger partial charge in [-0.15, -0.1) is 0 Å². The van der Waals surface area contributed by atoms with E-state index in [0.29, 0.717) is 17.9 Å². The fourth-order valence-corrected chi connectivity index (χ4v) is 6.77. The smallest absolute Gasteiger partial charge is 0.746 e. The normalized spacial score (nSPS) is 20.9. The molecule has 174 valence electrons. The van der Waals surface area contributed by atoms with E-state index < -0.39 is 36.3 Å². The number of ether oxygens (including phenoxy) is 1. The van der Waals surface area contributed by atoms with Gasteiger partial charge < -0.3 is 19.2 Å². The van der Waals surface area contributed by atoms with Crippen molar-refractivity contribution >= 4 is 26.3 Å². The molecular weight excluding hydrogens is 512 g/mol. The standard InChI is InChI=1S/C23H23NO7S2.2Na/c1-31-20-12-7-16(8-13-20)6-10-19-11-9-17(14-23(19,32(25,26)27)33(28,29)30)22-21-5-3-2-4-18(21)15-24-22;;/h2-14,19,22,24H,15H2,1H3,(H,25,26,27)(H,28,29,30);;/q;2*+1/p-2. The van der Waals surface area contributed by atoms with Gasteiger partial charge in [0.05, 0.1) is 13.2 Å². The first-order chi connectivity index (χ1) is 15.6. The third-order valence-electron chi connectivity index (χ3n) is 5.92. The maximum Gasteiger partial charge on any atom is 1.00 e. The molecule has 1 heterocycles. The summed E-state index contributed by atoms with van der Waals surface area (Å²) < 4.78 is 76.2. The zero-order valence-electron chi connectivity index (χ0n) is 19.5. The van der Waals surface area contributed by atoms with E-state index in [2.05, 4.69) is 5.32 Å². The van der Waals surface area contributed by atoms with Gasteiger partial charge in [0, 0.05) is 12.5 Å². The third-order valence-corrected chi connectivity index (χ3v) is 9.49. The Hall–Kier alpha value is -0.760. The summed E-state index contributed by atoms with van der Waals surface area (Å²) in [5, 5.41) is 3.17. The molecule has 35 heavy (non-hydrogen) atoms. The molecule has 0 amide bonds. The summed E-state index contributed by atoms with van der Waals surface area (Å²) in [6, 6.07) is 13.5. The van der Waals surface area contributed by atoms with Gasteiger partial charge in [-0.25, -0.2) is 16.8 Å². The van der Waals surface area contributed by atoms with Crippen molar-refractivity contribution in [1.29, 1.82) is 0 Å². The summed E-state index contributed by atoms with van der Waals surface area (Å²) in [6.45, 7) is 0.480. The zero-order valence-corrected chi connectivity index (χ0v) is 25.2. The predicted molar refractivity (Wildman–Crippen MR) is 121 cm³/mol. The van der Waals surface area contributed by atoms with Crippen LogP contribution < -0.4 is 69.2 Å². The van der Waals surface area contributed by atoms with Gasteiger partial charge in [-0.3, -0.25) is 0 Å². The van der Waals surface area contributed by atoms with Gasteiger partial charge in [0.15, 0.2) is 4.08 Å². The first-order valence-electron chi connectivity index (χ1n) is 10.0. The Kier molecular flexibility index (Phi) is 10.2. The van der Waals surface area contributed by atoms with Crippen molar-refractivity contribution in [2.75, 3.05) is 7.11 Å². The maximum atomic E-state index is 12.4. The van der Waals surface area contributed by atoms with Crippen LogP contribution in [0.3, 0.4) is 0 Å². The average molecular weight is 534 g/mol. The molecule has 1 aliphatic carbocycles. The van der Waals surface area contributed by atoms with Crippen LogP contribution in [0.4, 0.5) is 0 Å². The largest absolute Gasteiger partial charge is 1.00 e. The predicted octanol–water partition coefficient (Wildman–Crippen LogP) is -3.54. The van der Waals surface area contributed by atoms with Crippen LogP contribution in [-0.4, -0.2) is 37.1 Å². The van der Waals surface area contributed by atoms with Gasteiger partial charge >= 0.3 is 59.1 Å². The van der Waals surface area contributed by atoms with Gasteiger partial charge in [0.1, 0.15) is 26.0 Å². The molecule has 0 aromatic heterocycles. The van der Waals surface area contributed by atoms with Crippen molar-refractivity contribution in [3.05, 3.63) is 95.1 Å². The maximum absolute atomic E-state index is 12.4. The summed E-state index contributed by atoms with van der Waals surface area (Å²) in [7, 11) is -9.75. The third kappa shape index (κ3) is 5.89. The molecule has 0 radical (unpaired) electrons. The monoisotopic (exact) mass is 533 g/mol. The number of rotatable bonds is 6. The second-order valence-electron chi connectivity index (χ2n) is 7.80. The molecule has 0 spiro atoms. The summed E-state index contributed by atoms with van der Waals surface area (Å²) in [6.07, 6.45) is 6.34. The van der Waals surface area contributed by atoms with Crippen molar-refractivity contribution in [2.24, 2.45) is 5.92 Å². The van der Waals surface area contributed by atoms with Crippen LogP contribution in [0.5, 0.6) is 5.75 Å². The van der Waals surface area contributed by atoms with Gasteiger partial charge in [0.2, 0.25) is 0 Å². The van der Waals surface area contributed by atoms with E-state index in [1.54, 1.807) is 36.4 Å². The van der Waals surface area contributed by atoms with E-state index in [1.165, 1.54) is 25.3 Å². The van der Waals surface area contributed by atoms with Gasteiger partial charge in [-0.2, -0.15) is 0 Å². The molecule has 1 aliphatic heterocycles. The second kappa shape index (κ2) is 11.7. The first kappa shape index (κ1) is 30.5. The number of benzene rings is 2. The molecule has 0 bridgehead atoms. The van der Waals surface area contributed by atoms with Gasteiger partial charge in [-0.1, -0.05) is 60.7 Å². The van der Waals surface area contributed by atoms with Crippen molar-refractivity contribution in [3.8, 4) is 5.75 Å². The Bertz CT molecular complexity index is 1340. The van der Waals surface area contributed by atoms with Crippen LogP contribution >= 0.6 is 0 Å². The Morgan fingerprint density at radius 3 is 2.23 bits per heavy atom. The minimum atomic E-state index is -5.63. The molecule has 8 nitrogen and oxygen atoms in total. The Morgan fingerprint density at radius 2 is 1.63 bits per heavy atom. The number of methoxy groups -OCH3 is 1. The molecule has 0 fully saturated rings. The molecule has 2 unspecified atom stereocenters. The Labute approximate surface area is 249 Å². The van der Waals surface area contributed by atoms with Gasteiger partial charge in [-0.05, 0) is 40.5 Å². The first-order valence-corrected chi connectivity index (χ1v) is 12.8. The molecule has 2 aromatic carbocycles. The molecular formula is C23H21NNa2O7S2. The van der Waals surface area contributed by atoms with Crippen LogP contribution in [0.25, 0.3) is 6.08 Å². The molecule has 2 aromatic rings. The van der Waals surface area contributed by atoms with Crippen LogP contribution in [0.15, 0.2) is 78.4 Å². The van der Waals surface area contributed by atoms with E-state index >= 15 is 0 Å². The number of allylic oxidation sites excluding steroid dienone is 2. The molecule has 12 heteroatoms. The minimum absolute atomic E-state index is 0.